The highest BCUT2D eigenvalue weighted by Crippen LogP contribution is 2.31. The molecule has 1 fully saturated rings. The van der Waals surface area contributed by atoms with Crippen LogP contribution in [0.4, 0.5) is 4.79 Å². The molecule has 0 bridgehead atoms. The van der Waals surface area contributed by atoms with Crippen molar-refractivity contribution in [1.29, 1.82) is 0 Å². The smallest absolute Gasteiger partial charge is 0.410 e. The van der Waals surface area contributed by atoms with Gasteiger partial charge >= 0.3 is 6.09 Å². The van der Waals surface area contributed by atoms with E-state index in [0.717, 1.165) is 0 Å². The number of carbonyl (C=O) groups is 2. The second kappa shape index (κ2) is 4.90. The highest BCUT2D eigenvalue weighted by molar-refractivity contribution is 5.84. The minimum Gasteiger partial charge on any atom is -0.444 e. The van der Waals surface area contributed by atoms with E-state index in [4.69, 9.17) is 4.74 Å². The summed E-state index contributed by atoms with van der Waals surface area (Å²) in [5.74, 6) is 0.154. The molecule has 0 aromatic rings. The SMILES string of the molecule is CC(C)(C)OC(=O)N1CCC(=O)C(C(C)(C)C)C1. The van der Waals surface area contributed by atoms with E-state index in [1.54, 1.807) is 4.90 Å². The van der Waals surface area contributed by atoms with Crippen LogP contribution in [0.25, 0.3) is 0 Å². The van der Waals surface area contributed by atoms with Crippen molar-refractivity contribution >= 4 is 11.9 Å². The van der Waals surface area contributed by atoms with Gasteiger partial charge in [-0.2, -0.15) is 0 Å². The van der Waals surface area contributed by atoms with E-state index in [1.165, 1.54) is 0 Å². The van der Waals surface area contributed by atoms with Crippen LogP contribution in [0.5, 0.6) is 0 Å². The molecule has 0 N–H and O–H groups in total. The largest absolute Gasteiger partial charge is 0.444 e. The number of piperidine rings is 1. The molecule has 1 aliphatic rings. The van der Waals surface area contributed by atoms with Crippen molar-refractivity contribution in [3.63, 3.8) is 0 Å². The quantitative estimate of drug-likeness (QED) is 0.668. The molecular formula is C14H25NO3. The van der Waals surface area contributed by atoms with Gasteiger partial charge in [0.05, 0.1) is 0 Å². The van der Waals surface area contributed by atoms with Crippen molar-refractivity contribution in [2.24, 2.45) is 11.3 Å². The highest BCUT2D eigenvalue weighted by Gasteiger charge is 2.38. The molecule has 0 spiro atoms. The van der Waals surface area contributed by atoms with E-state index in [-0.39, 0.29) is 23.2 Å². The number of rotatable bonds is 0. The average Bonchev–Trinajstić information content (AvgIpc) is 2.13. The number of amides is 1. The normalized spacial score (nSPS) is 22.0. The lowest BCUT2D eigenvalue weighted by molar-refractivity contribution is -0.129. The van der Waals surface area contributed by atoms with Crippen molar-refractivity contribution in [2.75, 3.05) is 13.1 Å². The molecule has 0 aliphatic carbocycles. The first-order chi connectivity index (χ1) is 8.00. The van der Waals surface area contributed by atoms with Crippen LogP contribution in [0.2, 0.25) is 0 Å². The van der Waals surface area contributed by atoms with Crippen LogP contribution >= 0.6 is 0 Å². The molecule has 0 radical (unpaired) electrons. The van der Waals surface area contributed by atoms with Gasteiger partial charge in [-0.15, -0.1) is 0 Å². The Kier molecular flexibility index (Phi) is 4.08. The fourth-order valence-electron chi connectivity index (χ4n) is 2.08. The lowest BCUT2D eigenvalue weighted by atomic mass is 9.75. The predicted molar refractivity (Wildman–Crippen MR) is 70.4 cm³/mol. The van der Waals surface area contributed by atoms with Gasteiger partial charge in [-0.1, -0.05) is 20.8 Å². The lowest BCUT2D eigenvalue weighted by Crippen LogP contribution is -2.49. The Hall–Kier alpha value is -1.06. The van der Waals surface area contributed by atoms with Crippen LogP contribution in [0.3, 0.4) is 0 Å². The summed E-state index contributed by atoms with van der Waals surface area (Å²) in [5, 5.41) is 0. The molecule has 4 heteroatoms. The number of hydrogen-bond donors (Lipinski definition) is 0. The number of ether oxygens (including phenoxy) is 1. The van der Waals surface area contributed by atoms with E-state index in [9.17, 15) is 9.59 Å². The molecule has 1 amide bonds. The van der Waals surface area contributed by atoms with Gasteiger partial charge in [0.15, 0.2) is 0 Å². The summed E-state index contributed by atoms with van der Waals surface area (Å²) in [5.41, 5.74) is -0.604. The number of hydrogen-bond acceptors (Lipinski definition) is 3. The summed E-state index contributed by atoms with van der Waals surface area (Å²) in [7, 11) is 0. The van der Waals surface area contributed by atoms with Gasteiger partial charge in [-0.05, 0) is 26.2 Å². The number of Topliss-reactive ketones (excluding diaryl/α,β-unsaturated/α-hetero) is 1. The second-order valence-electron chi connectivity index (χ2n) is 7.06. The highest BCUT2D eigenvalue weighted by atomic mass is 16.6. The predicted octanol–water partition coefficient (Wildman–Crippen LogP) is 2.86. The first kappa shape index (κ1) is 15.0. The van der Waals surface area contributed by atoms with Crippen molar-refractivity contribution in [3.8, 4) is 0 Å². The molecule has 1 unspecified atom stereocenters. The number of carbonyl (C=O) groups excluding carboxylic acids is 2. The van der Waals surface area contributed by atoms with Gasteiger partial charge in [0.2, 0.25) is 0 Å². The Labute approximate surface area is 110 Å². The summed E-state index contributed by atoms with van der Waals surface area (Å²) in [6.45, 7) is 12.6. The van der Waals surface area contributed by atoms with Crippen molar-refractivity contribution in [3.05, 3.63) is 0 Å². The monoisotopic (exact) mass is 255 g/mol. The van der Waals surface area contributed by atoms with Gasteiger partial charge in [0.1, 0.15) is 11.4 Å². The van der Waals surface area contributed by atoms with E-state index in [2.05, 4.69) is 0 Å². The van der Waals surface area contributed by atoms with Crippen LogP contribution in [-0.4, -0.2) is 35.5 Å². The molecular weight excluding hydrogens is 230 g/mol. The topological polar surface area (TPSA) is 46.6 Å². The summed E-state index contributed by atoms with van der Waals surface area (Å²) in [6, 6.07) is 0. The van der Waals surface area contributed by atoms with Crippen LogP contribution in [-0.2, 0) is 9.53 Å². The first-order valence-corrected chi connectivity index (χ1v) is 6.51. The summed E-state index contributed by atoms with van der Waals surface area (Å²) in [6.07, 6.45) is 0.116. The molecule has 0 aromatic carbocycles. The van der Waals surface area contributed by atoms with Gasteiger partial charge < -0.3 is 9.64 Å². The minimum atomic E-state index is -0.490. The van der Waals surface area contributed by atoms with Gasteiger partial charge in [-0.3, -0.25) is 4.79 Å². The molecule has 18 heavy (non-hydrogen) atoms. The number of nitrogens with zero attached hydrogens (tertiary/aromatic N) is 1. The van der Waals surface area contributed by atoms with Crippen molar-refractivity contribution in [1.82, 2.24) is 4.90 Å². The van der Waals surface area contributed by atoms with Gasteiger partial charge in [-0.25, -0.2) is 4.79 Å². The Morgan fingerprint density at radius 1 is 1.22 bits per heavy atom. The van der Waals surface area contributed by atoms with Crippen LogP contribution in [0.1, 0.15) is 48.0 Å². The maximum atomic E-state index is 12.0. The Bertz CT molecular complexity index is 336. The Morgan fingerprint density at radius 3 is 2.22 bits per heavy atom. The molecule has 104 valence electrons. The third kappa shape index (κ3) is 4.00. The zero-order chi connectivity index (χ0) is 14.1. The Morgan fingerprint density at radius 2 is 1.78 bits per heavy atom. The summed E-state index contributed by atoms with van der Waals surface area (Å²) in [4.78, 5) is 25.6. The minimum absolute atomic E-state index is 0.0984. The number of likely N-dealkylation sites (tertiary alicyclic amines) is 1. The second-order valence-corrected chi connectivity index (χ2v) is 7.06. The third-order valence-electron chi connectivity index (χ3n) is 3.12. The fourth-order valence-corrected chi connectivity index (χ4v) is 2.08. The van der Waals surface area contributed by atoms with Crippen molar-refractivity contribution < 1.29 is 14.3 Å². The molecule has 1 saturated heterocycles. The van der Waals surface area contributed by atoms with Crippen molar-refractivity contribution in [2.45, 2.75) is 53.6 Å². The van der Waals surface area contributed by atoms with Gasteiger partial charge in [0.25, 0.3) is 0 Å². The summed E-state index contributed by atoms with van der Waals surface area (Å²) < 4.78 is 5.35. The molecule has 1 aliphatic heterocycles. The van der Waals surface area contributed by atoms with E-state index in [1.807, 2.05) is 41.5 Å². The van der Waals surface area contributed by atoms with Gasteiger partial charge in [0, 0.05) is 25.4 Å². The lowest BCUT2D eigenvalue weighted by Gasteiger charge is -2.38. The standard InChI is InChI=1S/C14H25NO3/c1-13(2,3)10-9-15(8-7-11(10)16)12(17)18-14(4,5)6/h10H,7-9H2,1-6H3. The molecule has 0 aromatic heterocycles. The fraction of sp³-hybridized carbons (Fsp3) is 0.857. The molecule has 1 atom stereocenters. The molecule has 1 rings (SSSR count). The maximum absolute atomic E-state index is 12.0. The number of ketones is 1. The Balaban J connectivity index is 2.71. The first-order valence-electron chi connectivity index (χ1n) is 6.51. The zero-order valence-electron chi connectivity index (χ0n) is 12.4. The maximum Gasteiger partial charge on any atom is 0.410 e. The molecule has 0 saturated carbocycles. The average molecular weight is 255 g/mol. The third-order valence-corrected chi connectivity index (χ3v) is 3.12. The zero-order valence-corrected chi connectivity index (χ0v) is 12.4. The summed E-state index contributed by atoms with van der Waals surface area (Å²) >= 11 is 0. The van der Waals surface area contributed by atoms with E-state index < -0.39 is 5.60 Å². The van der Waals surface area contributed by atoms with Crippen LogP contribution in [0.15, 0.2) is 0 Å². The van der Waals surface area contributed by atoms with Crippen LogP contribution in [0, 0.1) is 11.3 Å². The molecule has 1 heterocycles. The van der Waals surface area contributed by atoms with E-state index in [0.29, 0.717) is 19.5 Å². The van der Waals surface area contributed by atoms with Crippen LogP contribution < -0.4 is 0 Å². The molecule has 4 nitrogen and oxygen atoms in total. The van der Waals surface area contributed by atoms with E-state index >= 15 is 0 Å².